The van der Waals surface area contributed by atoms with Crippen molar-refractivity contribution in [2.24, 2.45) is 5.92 Å². The van der Waals surface area contributed by atoms with Crippen molar-refractivity contribution in [1.82, 2.24) is 0 Å². The third-order valence-corrected chi connectivity index (χ3v) is 3.19. The van der Waals surface area contributed by atoms with Crippen LogP contribution in [0.25, 0.3) is 0 Å². The first kappa shape index (κ1) is 13.6. The van der Waals surface area contributed by atoms with E-state index in [2.05, 4.69) is 0 Å². The molecule has 0 spiro atoms. The maximum atomic E-state index is 11.6. The quantitative estimate of drug-likeness (QED) is 0.458. The Hall–Kier alpha value is -1.47. The van der Waals surface area contributed by atoms with Crippen LogP contribution in [0.4, 0.5) is 5.69 Å². The zero-order chi connectivity index (χ0) is 13.1. The van der Waals surface area contributed by atoms with Gasteiger partial charge in [-0.3, -0.25) is 14.3 Å². The second-order valence-corrected chi connectivity index (χ2v) is 5.50. The van der Waals surface area contributed by atoms with Crippen LogP contribution in [0.1, 0.15) is 13.8 Å². The number of hydrogen-bond donors (Lipinski definition) is 0. The molecule has 0 unspecified atom stereocenters. The van der Waals surface area contributed by atoms with Gasteiger partial charge in [-0.1, -0.05) is 13.8 Å². The Morgan fingerprint density at radius 1 is 1.29 bits per heavy atom. The Kier molecular flexibility index (Phi) is 4.19. The van der Waals surface area contributed by atoms with Gasteiger partial charge in [0.2, 0.25) is 0 Å². The van der Waals surface area contributed by atoms with E-state index in [9.17, 15) is 18.5 Å². The summed E-state index contributed by atoms with van der Waals surface area (Å²) in [6, 6.07) is 4.58. The minimum absolute atomic E-state index is 0.0799. The lowest BCUT2D eigenvalue weighted by atomic mass is 10.2. The van der Waals surface area contributed by atoms with E-state index in [1.165, 1.54) is 0 Å². The van der Waals surface area contributed by atoms with Crippen LogP contribution in [-0.2, 0) is 14.3 Å². The lowest BCUT2D eigenvalue weighted by Crippen LogP contribution is -2.11. The molecule has 1 aromatic carbocycles. The topological polar surface area (TPSA) is 86.5 Å². The SMILES string of the molecule is CC(C)COS(=O)(=O)c1ccc([N+](=O)[O-])cc1. The lowest BCUT2D eigenvalue weighted by molar-refractivity contribution is -0.384. The molecule has 0 bridgehead atoms. The van der Waals surface area contributed by atoms with Crippen LogP contribution < -0.4 is 0 Å². The molecule has 0 amide bonds. The first-order chi connectivity index (χ1) is 7.83. The second kappa shape index (κ2) is 5.24. The van der Waals surface area contributed by atoms with Gasteiger partial charge in [-0.25, -0.2) is 0 Å². The standard InChI is InChI=1S/C10H13NO5S/c1-8(2)7-16-17(14,15)10-5-3-9(4-6-10)11(12)13/h3-6,8H,7H2,1-2H3. The summed E-state index contributed by atoms with van der Waals surface area (Å²) in [5.74, 6) is 0.0859. The lowest BCUT2D eigenvalue weighted by Gasteiger charge is -2.07. The first-order valence-electron chi connectivity index (χ1n) is 4.97. The molecule has 0 saturated heterocycles. The Balaban J connectivity index is 2.89. The van der Waals surface area contributed by atoms with E-state index in [4.69, 9.17) is 4.18 Å². The molecule has 1 rings (SSSR count). The van der Waals surface area contributed by atoms with Crippen LogP contribution in [0.2, 0.25) is 0 Å². The third-order valence-electron chi connectivity index (χ3n) is 1.89. The molecule has 17 heavy (non-hydrogen) atoms. The van der Waals surface area contributed by atoms with Gasteiger partial charge in [0, 0.05) is 12.1 Å². The molecule has 0 fully saturated rings. The number of non-ortho nitro benzene ring substituents is 1. The smallest absolute Gasteiger partial charge is 0.266 e. The fourth-order valence-electron chi connectivity index (χ4n) is 1.03. The zero-order valence-electron chi connectivity index (χ0n) is 9.49. The minimum Gasteiger partial charge on any atom is -0.266 e. The summed E-state index contributed by atoms with van der Waals surface area (Å²) in [6.45, 7) is 3.73. The predicted octanol–water partition coefficient (Wildman–Crippen LogP) is 1.96. The molecule has 0 atom stereocenters. The molecule has 0 aliphatic rings. The van der Waals surface area contributed by atoms with Gasteiger partial charge >= 0.3 is 0 Å². The molecular formula is C10H13NO5S. The van der Waals surface area contributed by atoms with Gasteiger partial charge in [-0.2, -0.15) is 8.42 Å². The Morgan fingerprint density at radius 2 is 1.82 bits per heavy atom. The van der Waals surface area contributed by atoms with Crippen molar-refractivity contribution < 1.29 is 17.5 Å². The Labute approximate surface area is 99.5 Å². The molecule has 0 radical (unpaired) electrons. The van der Waals surface area contributed by atoms with Crippen molar-refractivity contribution in [3.8, 4) is 0 Å². The molecule has 0 aliphatic heterocycles. The average Bonchev–Trinajstić information content (AvgIpc) is 2.27. The van der Waals surface area contributed by atoms with Crippen molar-refractivity contribution in [2.75, 3.05) is 6.61 Å². The second-order valence-electron chi connectivity index (χ2n) is 3.88. The average molecular weight is 259 g/mol. The molecule has 0 aliphatic carbocycles. The van der Waals surface area contributed by atoms with Crippen molar-refractivity contribution >= 4 is 15.8 Å². The van der Waals surface area contributed by atoms with E-state index in [0.717, 1.165) is 24.3 Å². The van der Waals surface area contributed by atoms with Crippen molar-refractivity contribution in [2.45, 2.75) is 18.7 Å². The molecule has 7 heteroatoms. The molecule has 0 saturated carbocycles. The number of benzene rings is 1. The van der Waals surface area contributed by atoms with E-state index >= 15 is 0 Å². The first-order valence-corrected chi connectivity index (χ1v) is 6.37. The minimum atomic E-state index is -3.82. The fourth-order valence-corrected chi connectivity index (χ4v) is 2.09. The van der Waals surface area contributed by atoms with Gasteiger partial charge in [-0.05, 0) is 18.1 Å². The summed E-state index contributed by atoms with van der Waals surface area (Å²) in [5.41, 5.74) is -0.159. The molecular weight excluding hydrogens is 246 g/mol. The highest BCUT2D eigenvalue weighted by molar-refractivity contribution is 7.86. The highest BCUT2D eigenvalue weighted by Gasteiger charge is 2.17. The molecule has 1 aromatic rings. The van der Waals surface area contributed by atoms with E-state index in [1.54, 1.807) is 0 Å². The van der Waals surface area contributed by atoms with Gasteiger partial charge in [0.05, 0.1) is 16.4 Å². The zero-order valence-corrected chi connectivity index (χ0v) is 10.3. The van der Waals surface area contributed by atoms with Gasteiger partial charge in [0.1, 0.15) is 0 Å². The molecule has 0 heterocycles. The van der Waals surface area contributed by atoms with Crippen LogP contribution in [0.5, 0.6) is 0 Å². The summed E-state index contributed by atoms with van der Waals surface area (Å²) < 4.78 is 28.0. The highest BCUT2D eigenvalue weighted by Crippen LogP contribution is 2.18. The van der Waals surface area contributed by atoms with Crippen molar-refractivity contribution in [3.63, 3.8) is 0 Å². The van der Waals surface area contributed by atoms with Gasteiger partial charge in [0.15, 0.2) is 0 Å². The van der Waals surface area contributed by atoms with Crippen LogP contribution in [0.3, 0.4) is 0 Å². The summed E-state index contributed by atoms with van der Waals surface area (Å²) in [7, 11) is -3.82. The largest absolute Gasteiger partial charge is 0.296 e. The number of nitrogens with zero attached hydrogens (tertiary/aromatic N) is 1. The molecule has 0 aromatic heterocycles. The van der Waals surface area contributed by atoms with Crippen molar-refractivity contribution in [1.29, 1.82) is 0 Å². The maximum absolute atomic E-state index is 11.6. The Morgan fingerprint density at radius 3 is 2.24 bits per heavy atom. The summed E-state index contributed by atoms with van der Waals surface area (Å²) in [5, 5.41) is 10.4. The summed E-state index contributed by atoms with van der Waals surface area (Å²) >= 11 is 0. The number of nitro groups is 1. The molecule has 94 valence electrons. The van der Waals surface area contributed by atoms with Crippen LogP contribution >= 0.6 is 0 Å². The van der Waals surface area contributed by atoms with E-state index < -0.39 is 15.0 Å². The number of rotatable bonds is 5. The van der Waals surface area contributed by atoms with Gasteiger partial charge in [0.25, 0.3) is 15.8 Å². The Bertz CT molecular complexity index is 492. The van der Waals surface area contributed by atoms with Crippen LogP contribution in [0.15, 0.2) is 29.2 Å². The maximum Gasteiger partial charge on any atom is 0.296 e. The van der Waals surface area contributed by atoms with Crippen LogP contribution in [0, 0.1) is 16.0 Å². The number of hydrogen-bond acceptors (Lipinski definition) is 5. The summed E-state index contributed by atoms with van der Waals surface area (Å²) in [4.78, 5) is 9.73. The monoisotopic (exact) mass is 259 g/mol. The third kappa shape index (κ3) is 3.79. The van der Waals surface area contributed by atoms with E-state index in [-0.39, 0.29) is 23.1 Å². The van der Waals surface area contributed by atoms with E-state index in [0.29, 0.717) is 0 Å². The number of nitro benzene ring substituents is 1. The van der Waals surface area contributed by atoms with Crippen LogP contribution in [-0.4, -0.2) is 19.9 Å². The normalized spacial score (nSPS) is 11.7. The summed E-state index contributed by atoms with van der Waals surface area (Å²) in [6.07, 6.45) is 0. The van der Waals surface area contributed by atoms with Gasteiger partial charge in [-0.15, -0.1) is 0 Å². The fraction of sp³-hybridized carbons (Fsp3) is 0.400. The van der Waals surface area contributed by atoms with Crippen molar-refractivity contribution in [3.05, 3.63) is 34.4 Å². The van der Waals surface area contributed by atoms with E-state index in [1.807, 2.05) is 13.8 Å². The highest BCUT2D eigenvalue weighted by atomic mass is 32.2. The molecule has 6 nitrogen and oxygen atoms in total. The predicted molar refractivity (Wildman–Crippen MR) is 61.1 cm³/mol. The van der Waals surface area contributed by atoms with Gasteiger partial charge < -0.3 is 0 Å². The molecule has 0 N–H and O–H groups in total.